The SMILES string of the molecule is CCC(=O)CC(CCCOC(=O)NCCCCCCNC(=O)CCCOC1OC(CO)C(O)C(O)C1NC(C)=O)(CCCOC(=O)NCCCCCCNC(=O)CCCOC1OC(CO)C(O)C(O)C1NC(C)=O)CCCOC(=O)NCCCCCCNC(=O)CCCOC1OC(CO)C(O)C(O)C1NC(C)=O. The lowest BCUT2D eigenvalue weighted by atomic mass is 9.71. The van der Waals surface area contributed by atoms with Crippen LogP contribution in [-0.4, -0.2) is 296 Å². The molecular weight excluding hydrogens is 1430 g/mol. The Kier molecular flexibility index (Phi) is 49.7. The molecule has 3 aliphatic rings. The molecule has 624 valence electrons. The van der Waals surface area contributed by atoms with Gasteiger partial charge in [0.25, 0.3) is 0 Å². The average molecular weight is 1550 g/mol. The third-order valence-corrected chi connectivity index (χ3v) is 18.5. The zero-order chi connectivity index (χ0) is 79.7. The van der Waals surface area contributed by atoms with Crippen LogP contribution in [0.15, 0.2) is 0 Å². The van der Waals surface area contributed by atoms with Gasteiger partial charge in [0.2, 0.25) is 35.4 Å². The summed E-state index contributed by atoms with van der Waals surface area (Å²) >= 11 is 0. The van der Waals surface area contributed by atoms with Crippen molar-refractivity contribution >= 4 is 59.5 Å². The smallest absolute Gasteiger partial charge is 0.407 e. The highest BCUT2D eigenvalue weighted by molar-refractivity contribution is 5.79. The fourth-order valence-corrected chi connectivity index (χ4v) is 12.6. The van der Waals surface area contributed by atoms with Crippen LogP contribution in [0.3, 0.4) is 0 Å². The van der Waals surface area contributed by atoms with Crippen molar-refractivity contribution in [2.75, 3.05) is 98.7 Å². The van der Waals surface area contributed by atoms with E-state index in [-0.39, 0.29) is 95.3 Å². The number of rotatable bonds is 57. The number of unbranched alkanes of at least 4 members (excludes halogenated alkanes) is 9. The molecule has 3 saturated heterocycles. The first kappa shape index (κ1) is 95.9. The molecule has 0 bridgehead atoms. The van der Waals surface area contributed by atoms with Crippen LogP contribution in [-0.2, 0) is 76.2 Å². The molecule has 37 heteroatoms. The molecule has 37 nitrogen and oxygen atoms in total. The molecule has 0 radical (unpaired) electrons. The summed E-state index contributed by atoms with van der Waals surface area (Å²) in [4.78, 5) is 124. The molecule has 18 N–H and O–H groups in total. The van der Waals surface area contributed by atoms with E-state index < -0.39 is 153 Å². The van der Waals surface area contributed by atoms with Crippen molar-refractivity contribution in [3.05, 3.63) is 0 Å². The number of nitrogens with one attached hydrogen (secondary N) is 9. The van der Waals surface area contributed by atoms with E-state index in [1.165, 1.54) is 20.8 Å². The minimum atomic E-state index is -1.44. The lowest BCUT2D eigenvalue weighted by Gasteiger charge is -2.42. The van der Waals surface area contributed by atoms with Crippen LogP contribution in [0.2, 0.25) is 0 Å². The van der Waals surface area contributed by atoms with Gasteiger partial charge in [-0.05, 0) is 102 Å². The van der Waals surface area contributed by atoms with Gasteiger partial charge in [0, 0.05) is 92.1 Å². The second-order valence-corrected chi connectivity index (χ2v) is 27.6. The standard InChI is InChI=1S/C71H127N9O28/c1-5-49(87)42-71(27-21-39-103-68(97)75-33-15-9-6-12-30-72-53(88)24-18-36-100-65-56(78-46(2)84)62(94)59(91)50(43-81)106-65,28-22-40-104-69(98)76-34-16-10-7-13-31-73-54(89)25-19-37-101-66-57(79-47(3)85)63(95)60(92)51(44-82)107-66)29-23-41-105-70(99)77-35-17-11-8-14-32-74-55(90)26-20-38-102-67-58(80-48(4)86)64(96)61(93)52(45-83)108-67/h50-52,56-67,81-83,91-96H,5-45H2,1-4H3,(H,72,88)(H,73,89)(H,74,90)(H,75,97)(H,76,98)(H,77,99)(H,78,84)(H,79,85)(H,80,86). The maximum atomic E-state index is 13.3. The summed E-state index contributed by atoms with van der Waals surface area (Å²) in [6, 6.07) is -3.24. The normalized spacial score (nSPS) is 24.5. The topological polar surface area (TPSA) is 544 Å². The number of carbonyl (C=O) groups excluding carboxylic acids is 10. The number of hydrogen-bond acceptors (Lipinski definition) is 28. The van der Waals surface area contributed by atoms with Gasteiger partial charge in [-0.25, -0.2) is 14.4 Å². The average Bonchev–Trinajstić information content (AvgIpc) is 0.822. The molecular formula is C71H127N9O28. The van der Waals surface area contributed by atoms with E-state index in [2.05, 4.69) is 47.9 Å². The van der Waals surface area contributed by atoms with Crippen LogP contribution in [0.1, 0.15) is 195 Å². The molecule has 9 amide bonds. The van der Waals surface area contributed by atoms with E-state index in [0.717, 1.165) is 38.5 Å². The third-order valence-electron chi connectivity index (χ3n) is 18.5. The highest BCUT2D eigenvalue weighted by Gasteiger charge is 2.48. The molecule has 0 aromatic carbocycles. The molecule has 108 heavy (non-hydrogen) atoms. The minimum Gasteiger partial charge on any atom is -0.450 e. The van der Waals surface area contributed by atoms with E-state index in [0.29, 0.717) is 136 Å². The second kappa shape index (κ2) is 56.0. The van der Waals surface area contributed by atoms with Gasteiger partial charge in [0.15, 0.2) is 18.9 Å². The van der Waals surface area contributed by atoms with Gasteiger partial charge >= 0.3 is 18.3 Å². The number of aliphatic hydroxyl groups is 9. The Morgan fingerprint density at radius 3 is 0.843 bits per heavy atom. The Morgan fingerprint density at radius 1 is 0.343 bits per heavy atom. The first-order valence-electron chi connectivity index (χ1n) is 38.4. The van der Waals surface area contributed by atoms with Crippen molar-refractivity contribution in [3.8, 4) is 0 Å². The van der Waals surface area contributed by atoms with Crippen molar-refractivity contribution < 1.29 is 137 Å². The summed E-state index contributed by atoms with van der Waals surface area (Å²) in [5.74, 6) is -2.03. The Labute approximate surface area is 632 Å². The van der Waals surface area contributed by atoms with Crippen LogP contribution < -0.4 is 47.9 Å². The van der Waals surface area contributed by atoms with Gasteiger partial charge in [-0.15, -0.1) is 0 Å². The van der Waals surface area contributed by atoms with Gasteiger partial charge in [-0.1, -0.05) is 45.4 Å². The summed E-state index contributed by atoms with van der Waals surface area (Å²) in [5, 5.41) is 115. The Balaban J connectivity index is 1.38. The molecule has 0 aliphatic carbocycles. The first-order valence-corrected chi connectivity index (χ1v) is 38.4. The van der Waals surface area contributed by atoms with Crippen molar-refractivity contribution in [2.45, 2.75) is 287 Å². The quantitative estimate of drug-likeness (QED) is 0.0259. The van der Waals surface area contributed by atoms with E-state index in [1.807, 2.05) is 0 Å². The van der Waals surface area contributed by atoms with Crippen LogP contribution in [0.4, 0.5) is 14.4 Å². The van der Waals surface area contributed by atoms with Crippen LogP contribution in [0.25, 0.3) is 0 Å². The van der Waals surface area contributed by atoms with Crippen molar-refractivity contribution in [1.82, 2.24) is 47.9 Å². The number of ether oxygens (including phenoxy) is 9. The number of Topliss-reactive ketones (excluding diaryl/α,β-unsaturated/α-hetero) is 1. The lowest BCUT2D eigenvalue weighted by Crippen LogP contribution is -2.64. The number of aliphatic hydroxyl groups excluding tert-OH is 9. The van der Waals surface area contributed by atoms with Crippen molar-refractivity contribution in [2.24, 2.45) is 5.41 Å². The number of amides is 9. The number of hydrogen-bond donors (Lipinski definition) is 18. The largest absolute Gasteiger partial charge is 0.450 e. The Hall–Kier alpha value is -6.30. The molecule has 0 saturated carbocycles. The molecule has 3 rings (SSSR count). The number of alkyl carbamates (subject to hydrolysis) is 3. The number of carbonyl (C=O) groups is 10. The van der Waals surface area contributed by atoms with Crippen LogP contribution >= 0.6 is 0 Å². The zero-order valence-electron chi connectivity index (χ0n) is 63.4. The Bertz CT molecular complexity index is 2350. The maximum absolute atomic E-state index is 13.3. The van der Waals surface area contributed by atoms with Gasteiger partial charge in [-0.3, -0.25) is 33.6 Å². The van der Waals surface area contributed by atoms with E-state index in [1.54, 1.807) is 6.92 Å². The lowest BCUT2D eigenvalue weighted by molar-refractivity contribution is -0.270. The van der Waals surface area contributed by atoms with E-state index in [4.69, 9.17) is 42.6 Å². The van der Waals surface area contributed by atoms with Gasteiger partial charge in [-0.2, -0.15) is 0 Å². The van der Waals surface area contributed by atoms with Crippen molar-refractivity contribution in [1.29, 1.82) is 0 Å². The van der Waals surface area contributed by atoms with Gasteiger partial charge in [0.1, 0.15) is 78.8 Å². The Morgan fingerprint density at radius 2 is 0.602 bits per heavy atom. The fourth-order valence-electron chi connectivity index (χ4n) is 12.6. The molecule has 15 unspecified atom stereocenters. The molecule has 0 spiro atoms. The van der Waals surface area contributed by atoms with Gasteiger partial charge < -0.3 is 136 Å². The highest BCUT2D eigenvalue weighted by Crippen LogP contribution is 2.40. The third kappa shape index (κ3) is 39.6. The molecule has 3 aliphatic heterocycles. The summed E-state index contributed by atoms with van der Waals surface area (Å²) < 4.78 is 50.2. The van der Waals surface area contributed by atoms with E-state index >= 15 is 0 Å². The highest BCUT2D eigenvalue weighted by atomic mass is 16.7. The molecule has 0 aromatic rings. The zero-order valence-corrected chi connectivity index (χ0v) is 63.4. The summed E-state index contributed by atoms with van der Waals surface area (Å²) in [7, 11) is 0. The predicted octanol–water partition coefficient (Wildman–Crippen LogP) is -0.888. The van der Waals surface area contributed by atoms with Gasteiger partial charge in [0.05, 0.1) is 59.5 Å². The van der Waals surface area contributed by atoms with Crippen LogP contribution in [0.5, 0.6) is 0 Å². The second-order valence-electron chi connectivity index (χ2n) is 27.6. The maximum Gasteiger partial charge on any atom is 0.407 e. The monoisotopic (exact) mass is 1550 g/mol. The molecule has 3 fully saturated rings. The molecule has 0 aromatic heterocycles. The summed E-state index contributed by atoms with van der Waals surface area (Å²) in [6.45, 7) is 6.41. The molecule has 3 heterocycles. The predicted molar refractivity (Wildman–Crippen MR) is 384 cm³/mol. The van der Waals surface area contributed by atoms with Crippen molar-refractivity contribution in [3.63, 3.8) is 0 Å². The molecule has 15 atom stereocenters. The van der Waals surface area contributed by atoms with E-state index in [9.17, 15) is 93.9 Å². The number of ketones is 1. The fraction of sp³-hybridized carbons (Fsp3) is 0.859. The first-order chi connectivity index (χ1) is 51.8. The minimum absolute atomic E-state index is 0.0140. The summed E-state index contributed by atoms with van der Waals surface area (Å²) in [5.41, 5.74) is -0.618. The summed E-state index contributed by atoms with van der Waals surface area (Å²) in [6.07, 6.45) is -4.17. The van der Waals surface area contributed by atoms with Crippen LogP contribution in [0, 0.1) is 5.41 Å².